The van der Waals surface area contributed by atoms with Crippen molar-refractivity contribution in [2.45, 2.75) is 51.6 Å². The SMILES string of the molecule is CCC(NCC1CC1c1c[nH]c2ccc(F)cc12)C(=O)N(NC)C(C)C. The largest absolute Gasteiger partial charge is 0.361 e. The van der Waals surface area contributed by atoms with Gasteiger partial charge in [0.1, 0.15) is 5.82 Å². The summed E-state index contributed by atoms with van der Waals surface area (Å²) in [6, 6.07) is 4.79. The maximum Gasteiger partial charge on any atom is 0.254 e. The highest BCUT2D eigenvalue weighted by molar-refractivity contribution is 5.84. The van der Waals surface area contributed by atoms with Crippen LogP contribution < -0.4 is 10.7 Å². The molecule has 6 heteroatoms. The number of halogens is 1. The highest BCUT2D eigenvalue weighted by Gasteiger charge is 2.40. The highest BCUT2D eigenvalue weighted by Crippen LogP contribution is 2.49. The van der Waals surface area contributed by atoms with Crippen LogP contribution in [0.15, 0.2) is 24.4 Å². The fourth-order valence-corrected chi connectivity index (χ4v) is 3.77. The summed E-state index contributed by atoms with van der Waals surface area (Å²) < 4.78 is 13.6. The number of aromatic nitrogens is 1. The summed E-state index contributed by atoms with van der Waals surface area (Å²) >= 11 is 0. The van der Waals surface area contributed by atoms with Gasteiger partial charge in [0.05, 0.1) is 6.04 Å². The second-order valence-electron chi connectivity index (χ2n) is 7.43. The lowest BCUT2D eigenvalue weighted by molar-refractivity contribution is -0.138. The lowest BCUT2D eigenvalue weighted by atomic mass is 10.1. The molecule has 3 unspecified atom stereocenters. The van der Waals surface area contributed by atoms with Crippen molar-refractivity contribution < 1.29 is 9.18 Å². The third kappa shape index (κ3) is 3.76. The Labute approximate surface area is 154 Å². The van der Waals surface area contributed by atoms with Crippen molar-refractivity contribution >= 4 is 16.8 Å². The molecule has 26 heavy (non-hydrogen) atoms. The summed E-state index contributed by atoms with van der Waals surface area (Å²) in [6.45, 7) is 6.81. The van der Waals surface area contributed by atoms with Gasteiger partial charge >= 0.3 is 0 Å². The first kappa shape index (κ1) is 18.9. The average Bonchev–Trinajstić information content (AvgIpc) is 3.25. The molecule has 0 radical (unpaired) electrons. The zero-order valence-corrected chi connectivity index (χ0v) is 16.0. The van der Waals surface area contributed by atoms with E-state index in [-0.39, 0.29) is 23.8 Å². The summed E-state index contributed by atoms with van der Waals surface area (Å²) in [6.07, 6.45) is 3.82. The fraction of sp³-hybridized carbons (Fsp3) is 0.550. The Kier molecular flexibility index (Phi) is 5.63. The van der Waals surface area contributed by atoms with E-state index < -0.39 is 0 Å². The first-order valence-electron chi connectivity index (χ1n) is 9.46. The minimum atomic E-state index is -0.203. The minimum Gasteiger partial charge on any atom is -0.361 e. The van der Waals surface area contributed by atoms with E-state index in [2.05, 4.69) is 15.7 Å². The summed E-state index contributed by atoms with van der Waals surface area (Å²) in [7, 11) is 1.78. The molecule has 3 rings (SSSR count). The number of carbonyl (C=O) groups is 1. The standard InChI is InChI=1S/C20H29FN4O/c1-5-18(20(26)25(22-4)12(2)3)23-10-13-8-15(13)17-11-24-19-7-6-14(21)9-16(17)19/h6-7,9,11-13,15,18,22-24H,5,8,10H2,1-4H3. The molecule has 1 heterocycles. The van der Waals surface area contributed by atoms with E-state index in [1.165, 1.54) is 11.6 Å². The fourth-order valence-electron chi connectivity index (χ4n) is 3.77. The molecule has 0 spiro atoms. The Morgan fingerprint density at radius 1 is 1.42 bits per heavy atom. The third-order valence-electron chi connectivity index (χ3n) is 5.33. The molecule has 1 aliphatic carbocycles. The number of hydrogen-bond donors (Lipinski definition) is 3. The number of nitrogens with one attached hydrogen (secondary N) is 3. The molecular weight excluding hydrogens is 331 g/mol. The molecule has 0 saturated heterocycles. The number of hydrogen-bond acceptors (Lipinski definition) is 3. The summed E-state index contributed by atoms with van der Waals surface area (Å²) in [5.41, 5.74) is 5.14. The van der Waals surface area contributed by atoms with E-state index in [9.17, 15) is 9.18 Å². The van der Waals surface area contributed by atoms with Gasteiger partial charge in [0.2, 0.25) is 0 Å². The zero-order chi connectivity index (χ0) is 18.8. The van der Waals surface area contributed by atoms with E-state index in [4.69, 9.17) is 0 Å². The summed E-state index contributed by atoms with van der Waals surface area (Å²) in [5.74, 6) is 0.792. The van der Waals surface area contributed by atoms with Crippen LogP contribution in [0, 0.1) is 11.7 Å². The van der Waals surface area contributed by atoms with Crippen LogP contribution in [0.4, 0.5) is 4.39 Å². The predicted molar refractivity (Wildman–Crippen MR) is 102 cm³/mol. The maximum atomic E-state index is 13.6. The quantitative estimate of drug-likeness (QED) is 0.634. The van der Waals surface area contributed by atoms with Crippen molar-refractivity contribution in [2.75, 3.05) is 13.6 Å². The van der Waals surface area contributed by atoms with Crippen molar-refractivity contribution in [2.24, 2.45) is 5.92 Å². The predicted octanol–water partition coefficient (Wildman–Crippen LogP) is 3.15. The van der Waals surface area contributed by atoms with Crippen LogP contribution in [-0.2, 0) is 4.79 Å². The smallest absolute Gasteiger partial charge is 0.254 e. The van der Waals surface area contributed by atoms with Crippen LogP contribution in [0.5, 0.6) is 0 Å². The first-order chi connectivity index (χ1) is 12.5. The zero-order valence-electron chi connectivity index (χ0n) is 16.0. The van der Waals surface area contributed by atoms with Gasteiger partial charge in [-0.1, -0.05) is 6.92 Å². The van der Waals surface area contributed by atoms with Crippen LogP contribution in [0.3, 0.4) is 0 Å². The lowest BCUT2D eigenvalue weighted by Crippen LogP contribution is -2.53. The highest BCUT2D eigenvalue weighted by atomic mass is 19.1. The van der Waals surface area contributed by atoms with Gasteiger partial charge in [0, 0.05) is 30.2 Å². The molecule has 3 N–H and O–H groups in total. The van der Waals surface area contributed by atoms with Gasteiger partial charge < -0.3 is 10.3 Å². The van der Waals surface area contributed by atoms with Crippen molar-refractivity contribution in [3.8, 4) is 0 Å². The van der Waals surface area contributed by atoms with E-state index in [0.29, 0.717) is 11.8 Å². The normalized spacial score (nSPS) is 20.5. The number of amides is 1. The topological polar surface area (TPSA) is 60.2 Å². The van der Waals surface area contributed by atoms with Gasteiger partial charge in [0.25, 0.3) is 5.91 Å². The van der Waals surface area contributed by atoms with Gasteiger partial charge in [-0.3, -0.25) is 9.80 Å². The van der Waals surface area contributed by atoms with Crippen LogP contribution >= 0.6 is 0 Å². The molecule has 142 valence electrons. The monoisotopic (exact) mass is 360 g/mol. The van der Waals surface area contributed by atoms with Crippen LogP contribution in [0.25, 0.3) is 10.9 Å². The number of aromatic amines is 1. The molecule has 1 aliphatic rings. The number of fused-ring (bicyclic) bond motifs is 1. The Bertz CT molecular complexity index is 772. The van der Waals surface area contributed by atoms with Crippen molar-refractivity contribution in [1.82, 2.24) is 20.7 Å². The van der Waals surface area contributed by atoms with Gasteiger partial charge in [-0.15, -0.1) is 0 Å². The number of H-pyrrole nitrogens is 1. The molecule has 1 amide bonds. The van der Waals surface area contributed by atoms with Gasteiger partial charge in [0.15, 0.2) is 0 Å². The summed E-state index contributed by atoms with van der Waals surface area (Å²) in [4.78, 5) is 15.9. The first-order valence-corrected chi connectivity index (χ1v) is 9.46. The second-order valence-corrected chi connectivity index (χ2v) is 7.43. The Morgan fingerprint density at radius 2 is 2.19 bits per heavy atom. The average molecular weight is 360 g/mol. The van der Waals surface area contributed by atoms with Gasteiger partial charge in [-0.2, -0.15) is 0 Å². The van der Waals surface area contributed by atoms with Crippen LogP contribution in [-0.4, -0.2) is 41.6 Å². The van der Waals surface area contributed by atoms with Crippen molar-refractivity contribution in [3.05, 3.63) is 35.8 Å². The molecule has 0 aliphatic heterocycles. The molecule has 1 fully saturated rings. The third-order valence-corrected chi connectivity index (χ3v) is 5.33. The van der Waals surface area contributed by atoms with E-state index in [1.54, 1.807) is 24.2 Å². The maximum absolute atomic E-state index is 13.6. The second kappa shape index (κ2) is 7.76. The number of rotatable bonds is 8. The molecule has 1 aromatic heterocycles. The lowest BCUT2D eigenvalue weighted by Gasteiger charge is -2.29. The number of hydrazine groups is 1. The van der Waals surface area contributed by atoms with E-state index >= 15 is 0 Å². The van der Waals surface area contributed by atoms with Crippen LogP contribution in [0.2, 0.25) is 0 Å². The molecule has 2 aromatic rings. The summed E-state index contributed by atoms with van der Waals surface area (Å²) in [5, 5.41) is 6.09. The molecule has 5 nitrogen and oxygen atoms in total. The molecular formula is C20H29FN4O. The number of benzene rings is 1. The number of nitrogens with zero attached hydrogens (tertiary/aromatic N) is 1. The number of carbonyl (C=O) groups excluding carboxylic acids is 1. The van der Waals surface area contributed by atoms with Gasteiger partial charge in [-0.25, -0.2) is 9.82 Å². The Hall–Kier alpha value is -1.92. The van der Waals surface area contributed by atoms with E-state index in [1.807, 2.05) is 27.0 Å². The molecule has 3 atom stereocenters. The van der Waals surface area contributed by atoms with Gasteiger partial charge in [-0.05, 0) is 68.8 Å². The molecule has 1 saturated carbocycles. The molecule has 0 bridgehead atoms. The van der Waals surface area contributed by atoms with Crippen molar-refractivity contribution in [1.29, 1.82) is 0 Å². The van der Waals surface area contributed by atoms with E-state index in [0.717, 1.165) is 30.3 Å². The minimum absolute atomic E-state index is 0.0800. The molecule has 1 aromatic carbocycles. The van der Waals surface area contributed by atoms with Crippen LogP contribution in [0.1, 0.15) is 45.1 Å². The Balaban J connectivity index is 1.60. The van der Waals surface area contributed by atoms with Crippen molar-refractivity contribution in [3.63, 3.8) is 0 Å². The Morgan fingerprint density at radius 3 is 2.85 bits per heavy atom.